The molecule has 0 fully saturated rings. The van der Waals surface area contributed by atoms with Crippen LogP contribution in [0.3, 0.4) is 0 Å². The molecule has 0 aromatic heterocycles. The summed E-state index contributed by atoms with van der Waals surface area (Å²) in [5, 5.41) is 9.37. The number of hydrogen-bond acceptors (Lipinski definition) is 4. The number of nitriles is 1. The minimum absolute atomic E-state index is 0.112. The fraction of sp³-hybridized carbons (Fsp3) is 0.238. The van der Waals surface area contributed by atoms with Crippen LogP contribution in [0.25, 0.3) is 6.08 Å². The van der Waals surface area contributed by atoms with Gasteiger partial charge in [0.05, 0.1) is 7.11 Å². The van der Waals surface area contributed by atoms with Gasteiger partial charge in [-0.1, -0.05) is 12.1 Å². The Bertz CT molecular complexity index is 780. The number of ether oxygens (including phenoxy) is 1. The molecule has 128 valence electrons. The van der Waals surface area contributed by atoms with E-state index < -0.39 is 0 Å². The fourth-order valence-corrected chi connectivity index (χ4v) is 2.58. The summed E-state index contributed by atoms with van der Waals surface area (Å²) in [5.41, 5.74) is 2.53. The van der Waals surface area contributed by atoms with Gasteiger partial charge in [-0.25, -0.2) is 0 Å². The minimum Gasteiger partial charge on any atom is -0.497 e. The van der Waals surface area contributed by atoms with Gasteiger partial charge in [-0.05, 0) is 61.9 Å². The Hall–Kier alpha value is -3.06. The molecule has 2 rings (SSSR count). The van der Waals surface area contributed by atoms with Crippen LogP contribution in [0.2, 0.25) is 0 Å². The Morgan fingerprint density at radius 2 is 1.68 bits per heavy atom. The molecule has 0 unspecified atom stereocenters. The Morgan fingerprint density at radius 3 is 2.16 bits per heavy atom. The molecule has 25 heavy (non-hydrogen) atoms. The van der Waals surface area contributed by atoms with Crippen LogP contribution < -0.4 is 9.64 Å². The van der Waals surface area contributed by atoms with Crippen molar-refractivity contribution in [3.63, 3.8) is 0 Å². The zero-order chi connectivity index (χ0) is 18.2. The lowest BCUT2D eigenvalue weighted by atomic mass is 10.0. The third-order valence-electron chi connectivity index (χ3n) is 4.05. The van der Waals surface area contributed by atoms with Crippen LogP contribution in [0.5, 0.6) is 5.75 Å². The van der Waals surface area contributed by atoms with Gasteiger partial charge in [0.15, 0.2) is 0 Å². The van der Waals surface area contributed by atoms with E-state index in [0.717, 1.165) is 24.3 Å². The van der Waals surface area contributed by atoms with Gasteiger partial charge in [-0.2, -0.15) is 5.26 Å². The summed E-state index contributed by atoms with van der Waals surface area (Å²) in [6.45, 7) is 6.09. The summed E-state index contributed by atoms with van der Waals surface area (Å²) in [6.07, 6.45) is 1.62. The molecule has 0 saturated heterocycles. The minimum atomic E-state index is -0.294. The largest absolute Gasteiger partial charge is 0.497 e. The first-order chi connectivity index (χ1) is 12.1. The molecule has 0 aliphatic carbocycles. The van der Waals surface area contributed by atoms with Crippen LogP contribution >= 0.6 is 0 Å². The molecule has 0 bridgehead atoms. The fourth-order valence-electron chi connectivity index (χ4n) is 2.58. The Labute approximate surface area is 149 Å². The number of carbonyl (C=O) groups excluding carboxylic acids is 1. The molecule has 4 heteroatoms. The van der Waals surface area contributed by atoms with Crippen molar-refractivity contribution in [1.82, 2.24) is 0 Å². The monoisotopic (exact) mass is 334 g/mol. The van der Waals surface area contributed by atoms with Gasteiger partial charge >= 0.3 is 0 Å². The van der Waals surface area contributed by atoms with Gasteiger partial charge in [0.25, 0.3) is 0 Å². The van der Waals surface area contributed by atoms with Gasteiger partial charge in [-0.15, -0.1) is 0 Å². The predicted molar refractivity (Wildman–Crippen MR) is 101 cm³/mol. The van der Waals surface area contributed by atoms with E-state index >= 15 is 0 Å². The van der Waals surface area contributed by atoms with E-state index in [9.17, 15) is 10.1 Å². The van der Waals surface area contributed by atoms with E-state index in [1.165, 1.54) is 0 Å². The molecule has 0 atom stereocenters. The van der Waals surface area contributed by atoms with Crippen LogP contribution in [-0.2, 0) is 0 Å². The van der Waals surface area contributed by atoms with Gasteiger partial charge < -0.3 is 9.64 Å². The lowest BCUT2D eigenvalue weighted by Gasteiger charge is -2.20. The lowest BCUT2D eigenvalue weighted by Crippen LogP contribution is -2.21. The van der Waals surface area contributed by atoms with Crippen LogP contribution in [0, 0.1) is 11.3 Å². The van der Waals surface area contributed by atoms with Crippen molar-refractivity contribution < 1.29 is 9.53 Å². The van der Waals surface area contributed by atoms with Gasteiger partial charge in [-0.3, -0.25) is 4.79 Å². The Morgan fingerprint density at radius 1 is 1.08 bits per heavy atom. The molecule has 0 spiro atoms. The molecule has 2 aromatic carbocycles. The first kappa shape index (κ1) is 18.3. The maximum atomic E-state index is 12.5. The average Bonchev–Trinajstić information content (AvgIpc) is 2.67. The highest BCUT2D eigenvalue weighted by molar-refractivity contribution is 6.14. The molecular formula is C21H22N2O2. The zero-order valence-corrected chi connectivity index (χ0v) is 14.8. The third-order valence-corrected chi connectivity index (χ3v) is 4.05. The second-order valence-electron chi connectivity index (χ2n) is 5.49. The highest BCUT2D eigenvalue weighted by Gasteiger charge is 2.12. The number of allylic oxidation sites excluding steroid dienone is 1. The van der Waals surface area contributed by atoms with Gasteiger partial charge in [0.1, 0.15) is 17.4 Å². The number of ketones is 1. The average molecular weight is 334 g/mol. The summed E-state index contributed by atoms with van der Waals surface area (Å²) < 4.78 is 5.09. The summed E-state index contributed by atoms with van der Waals surface area (Å²) in [6, 6.07) is 16.6. The molecule has 0 aliphatic rings. The van der Waals surface area contributed by atoms with Crippen LogP contribution in [0.1, 0.15) is 29.8 Å². The Balaban J connectivity index is 2.24. The SMILES string of the molecule is CCN(CC)c1ccc(C=C(C#N)C(=O)c2ccc(OC)cc2)cc1. The standard InChI is InChI=1S/C21H22N2O2/c1-4-23(5-2)19-10-6-16(7-11-19)14-18(15-22)21(24)17-8-12-20(25-3)13-9-17/h6-14H,4-5H2,1-3H3. The van der Waals surface area contributed by atoms with E-state index in [1.807, 2.05) is 30.3 Å². The van der Waals surface area contributed by atoms with E-state index in [0.29, 0.717) is 11.3 Å². The van der Waals surface area contributed by atoms with Crippen molar-refractivity contribution in [2.45, 2.75) is 13.8 Å². The summed E-state index contributed by atoms with van der Waals surface area (Å²) in [7, 11) is 1.57. The van der Waals surface area contributed by atoms with Crippen LogP contribution in [-0.4, -0.2) is 26.0 Å². The third kappa shape index (κ3) is 4.48. The van der Waals surface area contributed by atoms with Crippen molar-refractivity contribution in [2.75, 3.05) is 25.1 Å². The summed E-state index contributed by atoms with van der Waals surface area (Å²) >= 11 is 0. The summed E-state index contributed by atoms with van der Waals surface area (Å²) in [5.74, 6) is 0.379. The van der Waals surface area contributed by atoms with Crippen LogP contribution in [0.15, 0.2) is 54.1 Å². The molecule has 0 aliphatic heterocycles. The molecule has 0 radical (unpaired) electrons. The lowest BCUT2D eigenvalue weighted by molar-refractivity contribution is 0.104. The zero-order valence-electron chi connectivity index (χ0n) is 14.8. The van der Waals surface area contributed by atoms with Gasteiger partial charge in [0, 0.05) is 24.3 Å². The smallest absolute Gasteiger partial charge is 0.203 e. The van der Waals surface area contributed by atoms with Crippen molar-refractivity contribution in [1.29, 1.82) is 5.26 Å². The number of nitrogens with zero attached hydrogens (tertiary/aromatic N) is 2. The van der Waals surface area contributed by atoms with Crippen molar-refractivity contribution in [2.24, 2.45) is 0 Å². The Kier molecular flexibility index (Phi) is 6.36. The van der Waals surface area contributed by atoms with E-state index in [1.54, 1.807) is 37.5 Å². The number of methoxy groups -OCH3 is 1. The van der Waals surface area contributed by atoms with Crippen molar-refractivity contribution >= 4 is 17.5 Å². The predicted octanol–water partition coefficient (Wildman–Crippen LogP) is 4.33. The van der Waals surface area contributed by atoms with Gasteiger partial charge in [0.2, 0.25) is 5.78 Å². The van der Waals surface area contributed by atoms with Crippen molar-refractivity contribution in [3.05, 3.63) is 65.2 Å². The van der Waals surface area contributed by atoms with Crippen molar-refractivity contribution in [3.8, 4) is 11.8 Å². The molecule has 0 amide bonds. The molecule has 0 saturated carbocycles. The highest BCUT2D eigenvalue weighted by Crippen LogP contribution is 2.19. The maximum absolute atomic E-state index is 12.5. The number of anilines is 1. The first-order valence-electron chi connectivity index (χ1n) is 8.28. The molecule has 0 N–H and O–H groups in total. The number of hydrogen-bond donors (Lipinski definition) is 0. The molecule has 2 aromatic rings. The number of benzene rings is 2. The van der Waals surface area contributed by atoms with Crippen LogP contribution in [0.4, 0.5) is 5.69 Å². The quantitative estimate of drug-likeness (QED) is 0.429. The normalized spacial score (nSPS) is 10.9. The number of Topliss-reactive ketones (excluding diaryl/α,β-unsaturated/α-hetero) is 1. The second kappa shape index (κ2) is 8.70. The maximum Gasteiger partial charge on any atom is 0.203 e. The van der Waals surface area contributed by atoms with E-state index in [4.69, 9.17) is 4.74 Å². The second-order valence-corrected chi connectivity index (χ2v) is 5.49. The molecule has 0 heterocycles. The topological polar surface area (TPSA) is 53.3 Å². The summed E-state index contributed by atoms with van der Waals surface area (Å²) in [4.78, 5) is 14.7. The number of rotatable bonds is 7. The molecule has 4 nitrogen and oxygen atoms in total. The van der Waals surface area contributed by atoms with E-state index in [2.05, 4.69) is 18.7 Å². The highest BCUT2D eigenvalue weighted by atomic mass is 16.5. The number of carbonyl (C=O) groups is 1. The van der Waals surface area contributed by atoms with E-state index in [-0.39, 0.29) is 11.4 Å². The molecular weight excluding hydrogens is 312 g/mol. The first-order valence-corrected chi connectivity index (χ1v) is 8.28.